The summed E-state index contributed by atoms with van der Waals surface area (Å²) in [6.45, 7) is 2.85. The van der Waals surface area contributed by atoms with Crippen LogP contribution < -0.4 is 23.8 Å². The average molecular weight is 424 g/mol. The molecule has 1 rings (SSSR count). The Kier molecular flexibility index (Phi) is 16.6. The molecule has 0 N–H and O–H groups in total. The Morgan fingerprint density at radius 2 is 1.89 bits per heavy atom. The van der Waals surface area contributed by atoms with Crippen molar-refractivity contribution in [1.29, 1.82) is 0 Å². The largest absolute Gasteiger partial charge is 1.00 e. The molecule has 0 bridgehead atoms. The second kappa shape index (κ2) is 16.7. The standard InChI is InChI=1S/C19H31O6PS.Li/c1-3-4-5-9-14-24-15-18(16-25-26(21,22)23-2)27-19(20)13-12-17-10-7-6-8-11-17;/h6-8,10-11,18H,3-5,9,12-16H2,1-2H3,(H,21,22);/q;+1/p-1/t18-;/m1./s1. The normalized spacial score (nSPS) is 14.1. The smallest absolute Gasteiger partial charge is 0.756 e. The van der Waals surface area contributed by atoms with Crippen LogP contribution in [0.5, 0.6) is 0 Å². The maximum Gasteiger partial charge on any atom is 1.00 e. The Bertz CT molecular complexity index is 575. The summed E-state index contributed by atoms with van der Waals surface area (Å²) in [5.74, 6) is 0. The number of thioether (sulfide) groups is 1. The number of rotatable bonds is 15. The predicted molar refractivity (Wildman–Crippen MR) is 107 cm³/mol. The fourth-order valence-electron chi connectivity index (χ4n) is 2.32. The molecule has 28 heavy (non-hydrogen) atoms. The summed E-state index contributed by atoms with van der Waals surface area (Å²) in [6.07, 6.45) is 5.39. The zero-order chi connectivity index (χ0) is 20.0. The SMILES string of the molecule is CCCCCCOC[C@H](COP(=O)([O-])OC)SC(=O)CCc1ccccc1.[Li+]. The van der Waals surface area contributed by atoms with Gasteiger partial charge in [-0.1, -0.05) is 68.3 Å². The quantitative estimate of drug-likeness (QED) is 0.236. The second-order valence-electron chi connectivity index (χ2n) is 6.16. The van der Waals surface area contributed by atoms with Crippen molar-refractivity contribution in [3.63, 3.8) is 0 Å². The van der Waals surface area contributed by atoms with E-state index >= 15 is 0 Å². The van der Waals surface area contributed by atoms with Crippen molar-refractivity contribution in [3.05, 3.63) is 35.9 Å². The van der Waals surface area contributed by atoms with Gasteiger partial charge in [0.05, 0.1) is 18.5 Å². The molecule has 0 spiro atoms. The maximum absolute atomic E-state index is 12.3. The van der Waals surface area contributed by atoms with Crippen LogP contribution in [0.3, 0.4) is 0 Å². The van der Waals surface area contributed by atoms with E-state index in [1.807, 2.05) is 30.3 Å². The van der Waals surface area contributed by atoms with Crippen LogP contribution in [0.2, 0.25) is 0 Å². The van der Waals surface area contributed by atoms with Crippen LogP contribution in [0, 0.1) is 0 Å². The number of benzene rings is 1. The molecule has 1 aromatic rings. The molecule has 0 aliphatic carbocycles. The minimum Gasteiger partial charge on any atom is -0.756 e. The Morgan fingerprint density at radius 3 is 2.54 bits per heavy atom. The molecule has 0 fully saturated rings. The number of phosphoric ester groups is 1. The first-order valence-electron chi connectivity index (χ1n) is 9.29. The molecule has 0 radical (unpaired) electrons. The van der Waals surface area contributed by atoms with E-state index in [2.05, 4.69) is 11.4 Å². The molecule has 6 nitrogen and oxygen atoms in total. The van der Waals surface area contributed by atoms with Crippen LogP contribution in [0.15, 0.2) is 30.3 Å². The second-order valence-corrected chi connectivity index (χ2v) is 9.03. The zero-order valence-electron chi connectivity index (χ0n) is 17.1. The van der Waals surface area contributed by atoms with Crippen LogP contribution in [-0.4, -0.2) is 37.3 Å². The molecule has 9 heteroatoms. The summed E-state index contributed by atoms with van der Waals surface area (Å²) >= 11 is 1.08. The van der Waals surface area contributed by atoms with E-state index in [0.29, 0.717) is 19.4 Å². The van der Waals surface area contributed by atoms with E-state index in [0.717, 1.165) is 50.1 Å². The Balaban J connectivity index is 0.00000729. The van der Waals surface area contributed by atoms with Crippen LogP contribution >= 0.6 is 19.6 Å². The number of phosphoric acid groups is 1. The number of unbranched alkanes of at least 4 members (excludes halogenated alkanes) is 3. The van der Waals surface area contributed by atoms with Gasteiger partial charge in [0.2, 0.25) is 0 Å². The van der Waals surface area contributed by atoms with Gasteiger partial charge in [-0.3, -0.25) is 9.36 Å². The van der Waals surface area contributed by atoms with E-state index < -0.39 is 13.1 Å². The summed E-state index contributed by atoms with van der Waals surface area (Å²) in [5, 5.41) is -0.406. The van der Waals surface area contributed by atoms with Crippen molar-refractivity contribution in [1.82, 2.24) is 0 Å². The minimum absolute atomic E-state index is 0. The molecule has 0 aliphatic heterocycles. The van der Waals surface area contributed by atoms with Gasteiger partial charge in [0.1, 0.15) is 0 Å². The molecule has 0 aromatic heterocycles. The van der Waals surface area contributed by atoms with E-state index in [1.165, 1.54) is 0 Å². The fraction of sp³-hybridized carbons (Fsp3) is 0.632. The maximum atomic E-state index is 12.3. The molecular weight excluding hydrogens is 394 g/mol. The van der Waals surface area contributed by atoms with Crippen molar-refractivity contribution in [3.8, 4) is 0 Å². The van der Waals surface area contributed by atoms with Crippen LogP contribution in [0.25, 0.3) is 0 Å². The van der Waals surface area contributed by atoms with Gasteiger partial charge in [0.15, 0.2) is 5.12 Å². The van der Waals surface area contributed by atoms with Gasteiger partial charge in [-0.2, -0.15) is 0 Å². The number of ether oxygens (including phenoxy) is 1. The first-order chi connectivity index (χ1) is 13.0. The number of hydrogen-bond donors (Lipinski definition) is 0. The molecule has 0 heterocycles. The third kappa shape index (κ3) is 14.0. The van der Waals surface area contributed by atoms with Gasteiger partial charge in [-0.15, -0.1) is 0 Å². The zero-order valence-corrected chi connectivity index (χ0v) is 18.8. The first kappa shape index (κ1) is 27.9. The van der Waals surface area contributed by atoms with Gasteiger partial charge in [-0.25, -0.2) is 0 Å². The molecular formula is C19H30LiO6PS. The van der Waals surface area contributed by atoms with Gasteiger partial charge in [-0.05, 0) is 18.4 Å². The van der Waals surface area contributed by atoms with E-state index in [-0.39, 0.29) is 37.2 Å². The third-order valence-corrected chi connectivity index (χ3v) is 5.83. The molecule has 0 saturated heterocycles. The third-order valence-electron chi connectivity index (χ3n) is 3.85. The van der Waals surface area contributed by atoms with Gasteiger partial charge >= 0.3 is 18.9 Å². The van der Waals surface area contributed by atoms with Crippen molar-refractivity contribution in [2.45, 2.75) is 50.7 Å². The number of carbonyl (C=O) groups is 1. The summed E-state index contributed by atoms with van der Waals surface area (Å²) < 4.78 is 26.2. The first-order valence-corrected chi connectivity index (χ1v) is 11.6. The predicted octanol–water partition coefficient (Wildman–Crippen LogP) is 0.980. The molecule has 2 atom stereocenters. The summed E-state index contributed by atoms with van der Waals surface area (Å²) in [6, 6.07) is 9.76. The molecule has 1 aromatic carbocycles. The molecule has 0 saturated carbocycles. The van der Waals surface area contributed by atoms with Crippen molar-refractivity contribution >= 4 is 24.7 Å². The molecule has 0 aliphatic rings. The van der Waals surface area contributed by atoms with E-state index in [4.69, 9.17) is 9.26 Å². The van der Waals surface area contributed by atoms with Crippen molar-refractivity contribution < 1.29 is 46.9 Å². The van der Waals surface area contributed by atoms with Crippen LogP contribution in [-0.2, 0) is 29.6 Å². The van der Waals surface area contributed by atoms with Crippen molar-refractivity contribution in [2.24, 2.45) is 0 Å². The average Bonchev–Trinajstić information content (AvgIpc) is 2.68. The number of hydrogen-bond acceptors (Lipinski definition) is 7. The Morgan fingerprint density at radius 1 is 1.18 bits per heavy atom. The van der Waals surface area contributed by atoms with E-state index in [1.54, 1.807) is 0 Å². The molecule has 1 unspecified atom stereocenters. The summed E-state index contributed by atoms with van der Waals surface area (Å²) in [4.78, 5) is 23.7. The Labute approximate surface area is 184 Å². The monoisotopic (exact) mass is 424 g/mol. The molecule has 154 valence electrons. The van der Waals surface area contributed by atoms with Crippen molar-refractivity contribution in [2.75, 3.05) is 26.9 Å². The van der Waals surface area contributed by atoms with Gasteiger partial charge < -0.3 is 18.7 Å². The fourth-order valence-corrected chi connectivity index (χ4v) is 3.79. The summed E-state index contributed by atoms with van der Waals surface area (Å²) in [7, 11) is -3.27. The topological polar surface area (TPSA) is 84.9 Å². The number of aryl methyl sites for hydroxylation is 1. The van der Waals surface area contributed by atoms with Gasteiger partial charge in [0.25, 0.3) is 7.82 Å². The van der Waals surface area contributed by atoms with Crippen LogP contribution in [0.1, 0.15) is 44.6 Å². The van der Waals surface area contributed by atoms with Crippen LogP contribution in [0.4, 0.5) is 0 Å². The Hall–Kier alpha value is -0.0926. The van der Waals surface area contributed by atoms with E-state index in [9.17, 15) is 14.3 Å². The van der Waals surface area contributed by atoms with Gasteiger partial charge in [0, 0.05) is 20.1 Å². The molecule has 0 amide bonds. The number of carbonyl (C=O) groups excluding carboxylic acids is 1. The minimum atomic E-state index is -4.32. The summed E-state index contributed by atoms with van der Waals surface area (Å²) in [5.41, 5.74) is 1.09.